The molecule has 0 aromatic carbocycles. The highest BCUT2D eigenvalue weighted by atomic mass is 127. The summed E-state index contributed by atoms with van der Waals surface area (Å²) in [5.41, 5.74) is 0. The van der Waals surface area contributed by atoms with Gasteiger partial charge >= 0.3 is 0 Å². The highest BCUT2D eigenvalue weighted by molar-refractivity contribution is 14.0. The van der Waals surface area contributed by atoms with Crippen molar-refractivity contribution in [1.29, 1.82) is 0 Å². The maximum Gasteiger partial charge on any atom is 0.222 e. The molecule has 0 saturated carbocycles. The summed E-state index contributed by atoms with van der Waals surface area (Å²) in [6.07, 6.45) is 4.86. The van der Waals surface area contributed by atoms with Crippen LogP contribution in [-0.2, 0) is 18.4 Å². The zero-order chi connectivity index (χ0) is 18.1. The van der Waals surface area contributed by atoms with Crippen LogP contribution in [0, 0.1) is 6.92 Å². The van der Waals surface area contributed by atoms with Gasteiger partial charge in [-0.3, -0.25) is 4.79 Å². The van der Waals surface area contributed by atoms with E-state index in [9.17, 15) is 4.79 Å². The SMILES string of the molecule is CCCCNC(=NCc1nnc(C)n1C)NCCCN1CCCC1=O.I. The second-order valence-corrected chi connectivity index (χ2v) is 6.43. The van der Waals surface area contributed by atoms with E-state index in [1.807, 2.05) is 23.4 Å². The van der Waals surface area contributed by atoms with E-state index >= 15 is 0 Å². The van der Waals surface area contributed by atoms with Gasteiger partial charge in [-0.15, -0.1) is 34.2 Å². The fourth-order valence-electron chi connectivity index (χ4n) is 2.71. The number of nitrogens with one attached hydrogen (secondary N) is 2. The summed E-state index contributed by atoms with van der Waals surface area (Å²) in [5, 5.41) is 14.9. The molecule has 2 heterocycles. The number of aliphatic imine (C=N–C) groups is 1. The first-order chi connectivity index (χ1) is 12.1. The predicted octanol–water partition coefficient (Wildman–Crippen LogP) is 1.59. The number of halogens is 1. The van der Waals surface area contributed by atoms with Gasteiger partial charge in [0, 0.05) is 39.6 Å². The summed E-state index contributed by atoms with van der Waals surface area (Å²) in [6, 6.07) is 0. The minimum absolute atomic E-state index is 0. The number of likely N-dealkylation sites (tertiary alicyclic amines) is 1. The number of carbonyl (C=O) groups is 1. The number of unbranched alkanes of at least 4 members (excludes halogenated alkanes) is 1. The summed E-state index contributed by atoms with van der Waals surface area (Å²) >= 11 is 0. The first-order valence-corrected chi connectivity index (χ1v) is 9.26. The number of nitrogens with zero attached hydrogens (tertiary/aromatic N) is 5. The monoisotopic (exact) mass is 477 g/mol. The van der Waals surface area contributed by atoms with Crippen molar-refractivity contribution in [3.63, 3.8) is 0 Å². The van der Waals surface area contributed by atoms with Crippen LogP contribution in [0.1, 0.15) is 50.7 Å². The first kappa shape index (κ1) is 22.7. The molecule has 1 aliphatic rings. The van der Waals surface area contributed by atoms with Crippen LogP contribution in [0.15, 0.2) is 4.99 Å². The lowest BCUT2D eigenvalue weighted by molar-refractivity contribution is -0.127. The third-order valence-electron chi connectivity index (χ3n) is 4.45. The van der Waals surface area contributed by atoms with E-state index in [0.29, 0.717) is 13.0 Å². The molecule has 0 atom stereocenters. The maximum absolute atomic E-state index is 11.6. The van der Waals surface area contributed by atoms with Crippen molar-refractivity contribution >= 4 is 35.8 Å². The zero-order valence-corrected chi connectivity index (χ0v) is 18.5. The molecule has 26 heavy (non-hydrogen) atoms. The predicted molar refractivity (Wildman–Crippen MR) is 114 cm³/mol. The number of aryl methyl sites for hydroxylation is 1. The van der Waals surface area contributed by atoms with E-state index in [2.05, 4.69) is 32.7 Å². The number of hydrogen-bond acceptors (Lipinski definition) is 4. The molecule has 1 aliphatic heterocycles. The standard InChI is InChI=1S/C17H31N7O.HI/c1-4-5-9-18-17(20-13-15-22-21-14(2)23(15)3)19-10-7-12-24-11-6-8-16(24)25;/h4-13H2,1-3H3,(H2,18,19,20);1H. The van der Waals surface area contributed by atoms with Gasteiger partial charge in [0.15, 0.2) is 11.8 Å². The molecule has 2 N–H and O–H groups in total. The molecule has 1 saturated heterocycles. The molecule has 9 heteroatoms. The highest BCUT2D eigenvalue weighted by Crippen LogP contribution is 2.09. The van der Waals surface area contributed by atoms with Crippen LogP contribution in [0.2, 0.25) is 0 Å². The van der Waals surface area contributed by atoms with E-state index < -0.39 is 0 Å². The Balaban J connectivity index is 0.00000338. The number of carbonyl (C=O) groups excluding carboxylic acids is 1. The van der Waals surface area contributed by atoms with E-state index in [4.69, 9.17) is 0 Å². The molecule has 0 spiro atoms. The largest absolute Gasteiger partial charge is 0.356 e. The molecule has 0 unspecified atom stereocenters. The van der Waals surface area contributed by atoms with Gasteiger partial charge in [0.2, 0.25) is 5.91 Å². The lowest BCUT2D eigenvalue weighted by atomic mass is 10.3. The normalized spacial score (nSPS) is 14.5. The van der Waals surface area contributed by atoms with E-state index in [1.54, 1.807) is 0 Å². The Morgan fingerprint density at radius 2 is 1.96 bits per heavy atom. The number of aromatic nitrogens is 3. The van der Waals surface area contributed by atoms with Gasteiger partial charge in [0.05, 0.1) is 0 Å². The van der Waals surface area contributed by atoms with E-state index in [1.165, 1.54) is 0 Å². The Bertz CT molecular complexity index is 588. The third-order valence-corrected chi connectivity index (χ3v) is 4.45. The summed E-state index contributed by atoms with van der Waals surface area (Å²) in [7, 11) is 1.95. The average molecular weight is 477 g/mol. The second-order valence-electron chi connectivity index (χ2n) is 6.43. The van der Waals surface area contributed by atoms with Gasteiger partial charge in [-0.2, -0.15) is 0 Å². The molecule has 8 nitrogen and oxygen atoms in total. The molecule has 1 fully saturated rings. The first-order valence-electron chi connectivity index (χ1n) is 9.26. The molecular formula is C17H32IN7O. The number of hydrogen-bond donors (Lipinski definition) is 2. The van der Waals surface area contributed by atoms with Gasteiger partial charge < -0.3 is 20.1 Å². The Morgan fingerprint density at radius 1 is 1.23 bits per heavy atom. The second kappa shape index (κ2) is 12.1. The lowest BCUT2D eigenvalue weighted by Gasteiger charge is -2.16. The Hall–Kier alpha value is -1.39. The number of guanidine groups is 1. The molecule has 1 amide bonds. The topological polar surface area (TPSA) is 87.4 Å². The van der Waals surface area contributed by atoms with Crippen LogP contribution in [0.25, 0.3) is 0 Å². The molecule has 1 aromatic rings. The molecular weight excluding hydrogens is 445 g/mol. The Kier molecular flexibility index (Phi) is 10.5. The summed E-state index contributed by atoms with van der Waals surface area (Å²) in [5.74, 6) is 2.81. The molecule has 0 aliphatic carbocycles. The Morgan fingerprint density at radius 3 is 2.54 bits per heavy atom. The van der Waals surface area contributed by atoms with Crippen LogP contribution in [0.3, 0.4) is 0 Å². The van der Waals surface area contributed by atoms with Crippen LogP contribution >= 0.6 is 24.0 Å². The number of rotatable bonds is 9. The number of amides is 1. The zero-order valence-electron chi connectivity index (χ0n) is 16.1. The summed E-state index contributed by atoms with van der Waals surface area (Å²) < 4.78 is 1.95. The fourth-order valence-corrected chi connectivity index (χ4v) is 2.71. The van der Waals surface area contributed by atoms with Crippen LogP contribution in [0.5, 0.6) is 0 Å². The molecule has 0 radical (unpaired) electrons. The van der Waals surface area contributed by atoms with Crippen molar-refractivity contribution in [2.75, 3.05) is 26.2 Å². The van der Waals surface area contributed by atoms with Crippen molar-refractivity contribution in [2.24, 2.45) is 12.0 Å². The van der Waals surface area contributed by atoms with Crippen molar-refractivity contribution < 1.29 is 4.79 Å². The maximum atomic E-state index is 11.6. The molecule has 0 bridgehead atoms. The van der Waals surface area contributed by atoms with Crippen LogP contribution < -0.4 is 10.6 Å². The van der Waals surface area contributed by atoms with Gasteiger partial charge in [0.25, 0.3) is 0 Å². The van der Waals surface area contributed by atoms with Gasteiger partial charge in [-0.1, -0.05) is 13.3 Å². The average Bonchev–Trinajstić information content (AvgIpc) is 3.15. The van der Waals surface area contributed by atoms with Gasteiger partial charge in [-0.25, -0.2) is 4.99 Å². The van der Waals surface area contributed by atoms with Gasteiger partial charge in [0.1, 0.15) is 12.4 Å². The summed E-state index contributed by atoms with van der Waals surface area (Å²) in [4.78, 5) is 18.2. The smallest absolute Gasteiger partial charge is 0.222 e. The quantitative estimate of drug-likeness (QED) is 0.244. The minimum atomic E-state index is 0. The molecule has 2 rings (SSSR count). The van der Waals surface area contributed by atoms with Gasteiger partial charge in [-0.05, 0) is 26.2 Å². The van der Waals surface area contributed by atoms with Crippen molar-refractivity contribution in [1.82, 2.24) is 30.3 Å². The third kappa shape index (κ3) is 7.08. The van der Waals surface area contributed by atoms with E-state index in [-0.39, 0.29) is 29.9 Å². The van der Waals surface area contributed by atoms with Crippen molar-refractivity contribution in [3.8, 4) is 0 Å². The lowest BCUT2D eigenvalue weighted by Crippen LogP contribution is -2.39. The highest BCUT2D eigenvalue weighted by Gasteiger charge is 2.18. The van der Waals surface area contributed by atoms with Crippen molar-refractivity contribution in [3.05, 3.63) is 11.6 Å². The fraction of sp³-hybridized carbons (Fsp3) is 0.765. The summed E-state index contributed by atoms with van der Waals surface area (Å²) in [6.45, 7) is 7.99. The van der Waals surface area contributed by atoms with Crippen molar-refractivity contribution in [2.45, 2.75) is 52.5 Å². The van der Waals surface area contributed by atoms with Crippen LogP contribution in [-0.4, -0.2) is 57.7 Å². The van der Waals surface area contributed by atoms with E-state index in [0.717, 1.165) is 69.5 Å². The van der Waals surface area contributed by atoms with Crippen LogP contribution in [0.4, 0.5) is 0 Å². The Labute approximate surface area is 173 Å². The molecule has 1 aromatic heterocycles. The minimum Gasteiger partial charge on any atom is -0.356 e. The molecule has 148 valence electrons.